The van der Waals surface area contributed by atoms with Crippen LogP contribution in [0.2, 0.25) is 0 Å². The summed E-state index contributed by atoms with van der Waals surface area (Å²) in [4.78, 5) is 8.93. The van der Waals surface area contributed by atoms with Crippen molar-refractivity contribution in [1.29, 1.82) is 0 Å². The van der Waals surface area contributed by atoms with E-state index in [1.807, 2.05) is 16.8 Å². The van der Waals surface area contributed by atoms with Crippen LogP contribution in [-0.4, -0.2) is 40.4 Å². The number of guanidine groups is 1. The van der Waals surface area contributed by atoms with Crippen LogP contribution in [0.15, 0.2) is 29.3 Å². The lowest BCUT2D eigenvalue weighted by Gasteiger charge is -2.26. The van der Waals surface area contributed by atoms with E-state index < -0.39 is 0 Å². The lowest BCUT2D eigenvalue weighted by atomic mass is 9.95. The average molecular weight is 498 g/mol. The molecule has 2 N–H and O–H groups in total. The van der Waals surface area contributed by atoms with Crippen LogP contribution in [0.5, 0.6) is 0 Å². The van der Waals surface area contributed by atoms with Gasteiger partial charge in [0.25, 0.3) is 0 Å². The zero-order valence-electron chi connectivity index (χ0n) is 16.4. The fourth-order valence-electron chi connectivity index (χ4n) is 3.85. The Kier molecular flexibility index (Phi) is 6.57. The topological polar surface area (TPSA) is 67.1 Å². The monoisotopic (exact) mass is 498 g/mol. The summed E-state index contributed by atoms with van der Waals surface area (Å²) < 4.78 is 16.2. The van der Waals surface area contributed by atoms with E-state index in [-0.39, 0.29) is 41.3 Å². The maximum absolute atomic E-state index is 14.2. The minimum atomic E-state index is -0.113. The quantitative estimate of drug-likeness (QED) is 0.378. The molecule has 0 spiro atoms. The molecule has 0 bridgehead atoms. The Morgan fingerprint density at radius 1 is 1.36 bits per heavy atom. The minimum Gasteiger partial charge on any atom is -0.356 e. The van der Waals surface area contributed by atoms with Crippen molar-refractivity contribution in [2.75, 3.05) is 13.6 Å². The van der Waals surface area contributed by atoms with Gasteiger partial charge in [-0.25, -0.2) is 14.1 Å². The van der Waals surface area contributed by atoms with Gasteiger partial charge in [-0.15, -0.1) is 24.0 Å². The Labute approximate surface area is 182 Å². The molecule has 1 unspecified atom stereocenters. The van der Waals surface area contributed by atoms with E-state index in [0.717, 1.165) is 61.8 Å². The van der Waals surface area contributed by atoms with Gasteiger partial charge in [0, 0.05) is 37.9 Å². The number of halogens is 2. The van der Waals surface area contributed by atoms with Crippen molar-refractivity contribution in [3.63, 3.8) is 0 Å². The lowest BCUT2D eigenvalue weighted by Crippen LogP contribution is -2.48. The first-order valence-electron chi connectivity index (χ1n) is 9.78. The number of hydrogen-bond acceptors (Lipinski definition) is 3. The van der Waals surface area contributed by atoms with E-state index in [0.29, 0.717) is 6.54 Å². The standard InChI is InChI=1S/C20H27FN6.HI/c1-3-17-25-18-9-8-14(12-27(18)26-17)24-19(22-2)23-13-20(10-11-20)15-6-4-5-7-16(15)21;/h4-7,14H,3,8-13H2,1-2H3,(H2,22,23,24);1H. The van der Waals surface area contributed by atoms with E-state index in [1.54, 1.807) is 19.2 Å². The van der Waals surface area contributed by atoms with Crippen LogP contribution in [-0.2, 0) is 24.8 Å². The number of nitrogens with zero attached hydrogens (tertiary/aromatic N) is 4. The zero-order chi connectivity index (χ0) is 18.9. The summed E-state index contributed by atoms with van der Waals surface area (Å²) >= 11 is 0. The molecule has 1 aliphatic carbocycles. The highest BCUT2D eigenvalue weighted by Gasteiger charge is 2.45. The first-order valence-corrected chi connectivity index (χ1v) is 9.78. The largest absolute Gasteiger partial charge is 0.356 e. The van der Waals surface area contributed by atoms with Gasteiger partial charge in [-0.3, -0.25) is 4.99 Å². The molecule has 2 heterocycles. The minimum absolute atomic E-state index is 0. The van der Waals surface area contributed by atoms with Crippen LogP contribution in [0, 0.1) is 5.82 Å². The number of rotatable bonds is 5. The zero-order valence-corrected chi connectivity index (χ0v) is 18.7. The van der Waals surface area contributed by atoms with Gasteiger partial charge in [-0.05, 0) is 30.9 Å². The first kappa shape index (κ1) is 21.0. The van der Waals surface area contributed by atoms with Gasteiger partial charge in [0.1, 0.15) is 11.6 Å². The summed E-state index contributed by atoms with van der Waals surface area (Å²) in [5.74, 6) is 2.64. The Bertz CT molecular complexity index is 845. The van der Waals surface area contributed by atoms with E-state index in [9.17, 15) is 4.39 Å². The Hall–Kier alpha value is -1.71. The van der Waals surface area contributed by atoms with Crippen molar-refractivity contribution in [1.82, 2.24) is 25.4 Å². The summed E-state index contributed by atoms with van der Waals surface area (Å²) in [6, 6.07) is 7.37. The Morgan fingerprint density at radius 2 is 2.14 bits per heavy atom. The second kappa shape index (κ2) is 8.75. The second-order valence-corrected chi connectivity index (χ2v) is 7.55. The maximum atomic E-state index is 14.2. The molecule has 4 rings (SSSR count). The molecule has 0 amide bonds. The van der Waals surface area contributed by atoms with Gasteiger partial charge in [-0.1, -0.05) is 25.1 Å². The third-order valence-electron chi connectivity index (χ3n) is 5.68. The SMILES string of the molecule is CCc1nc2n(n1)CC(NC(=NC)NCC1(c3ccccc3F)CC1)CC2.I. The van der Waals surface area contributed by atoms with Crippen molar-refractivity contribution in [2.45, 2.75) is 57.0 Å². The average Bonchev–Trinajstić information content (AvgIpc) is 3.36. The summed E-state index contributed by atoms with van der Waals surface area (Å²) in [5.41, 5.74) is 0.704. The number of aliphatic imine (C=N–C) groups is 1. The Balaban J connectivity index is 0.00000225. The predicted molar refractivity (Wildman–Crippen MR) is 119 cm³/mol. The molecule has 1 aromatic carbocycles. The van der Waals surface area contributed by atoms with Crippen molar-refractivity contribution >= 4 is 29.9 Å². The molecule has 2 aromatic rings. The highest BCUT2D eigenvalue weighted by molar-refractivity contribution is 14.0. The van der Waals surface area contributed by atoms with E-state index in [1.165, 1.54) is 0 Å². The summed E-state index contributed by atoms with van der Waals surface area (Å²) in [5, 5.41) is 11.5. The molecule has 2 aliphatic rings. The highest BCUT2D eigenvalue weighted by atomic mass is 127. The van der Waals surface area contributed by atoms with Crippen LogP contribution >= 0.6 is 24.0 Å². The van der Waals surface area contributed by atoms with Crippen LogP contribution in [0.3, 0.4) is 0 Å². The fraction of sp³-hybridized carbons (Fsp3) is 0.550. The molecule has 0 radical (unpaired) electrons. The number of nitrogens with one attached hydrogen (secondary N) is 2. The second-order valence-electron chi connectivity index (χ2n) is 7.55. The molecular formula is C20H28FIN6. The summed E-state index contributed by atoms with van der Waals surface area (Å²) in [7, 11) is 1.77. The number of benzene rings is 1. The number of hydrogen-bond donors (Lipinski definition) is 2. The lowest BCUT2D eigenvalue weighted by molar-refractivity contribution is 0.391. The molecular weight excluding hydrogens is 470 g/mol. The summed E-state index contributed by atoms with van der Waals surface area (Å²) in [6.07, 6.45) is 4.79. The van der Waals surface area contributed by atoms with Crippen molar-refractivity contribution in [3.05, 3.63) is 47.3 Å². The number of fused-ring (bicyclic) bond motifs is 1. The molecule has 1 fully saturated rings. The first-order chi connectivity index (χ1) is 13.1. The number of aromatic nitrogens is 3. The molecule has 6 nitrogen and oxygen atoms in total. The van der Waals surface area contributed by atoms with Crippen LogP contribution < -0.4 is 10.6 Å². The van der Waals surface area contributed by atoms with Crippen LogP contribution in [0.4, 0.5) is 4.39 Å². The number of aryl methyl sites for hydroxylation is 2. The van der Waals surface area contributed by atoms with Gasteiger partial charge < -0.3 is 10.6 Å². The molecule has 1 atom stereocenters. The third kappa shape index (κ3) is 4.31. The normalized spacial score (nSPS) is 20.1. The van der Waals surface area contributed by atoms with Gasteiger partial charge in [0.2, 0.25) is 0 Å². The molecule has 8 heteroatoms. The predicted octanol–water partition coefficient (Wildman–Crippen LogP) is 2.81. The van der Waals surface area contributed by atoms with E-state index >= 15 is 0 Å². The van der Waals surface area contributed by atoms with Gasteiger partial charge in [-0.2, -0.15) is 5.10 Å². The van der Waals surface area contributed by atoms with Gasteiger partial charge in [0.15, 0.2) is 11.8 Å². The molecule has 1 saturated carbocycles. The van der Waals surface area contributed by atoms with Crippen LogP contribution in [0.1, 0.15) is 43.4 Å². The van der Waals surface area contributed by atoms with Crippen molar-refractivity contribution in [3.8, 4) is 0 Å². The molecule has 1 aliphatic heterocycles. The van der Waals surface area contributed by atoms with E-state index in [2.05, 4.69) is 32.6 Å². The molecule has 1 aromatic heterocycles. The Morgan fingerprint density at radius 3 is 2.82 bits per heavy atom. The highest BCUT2D eigenvalue weighted by Crippen LogP contribution is 2.48. The molecule has 152 valence electrons. The summed E-state index contributed by atoms with van der Waals surface area (Å²) in [6.45, 7) is 3.56. The maximum Gasteiger partial charge on any atom is 0.191 e. The van der Waals surface area contributed by atoms with Gasteiger partial charge >= 0.3 is 0 Å². The van der Waals surface area contributed by atoms with Crippen molar-refractivity contribution < 1.29 is 4.39 Å². The third-order valence-corrected chi connectivity index (χ3v) is 5.68. The smallest absolute Gasteiger partial charge is 0.191 e. The van der Waals surface area contributed by atoms with Gasteiger partial charge in [0.05, 0.1) is 6.54 Å². The van der Waals surface area contributed by atoms with Crippen molar-refractivity contribution in [2.24, 2.45) is 4.99 Å². The van der Waals surface area contributed by atoms with Crippen LogP contribution in [0.25, 0.3) is 0 Å². The fourth-order valence-corrected chi connectivity index (χ4v) is 3.85. The molecule has 28 heavy (non-hydrogen) atoms. The van der Waals surface area contributed by atoms with E-state index in [4.69, 9.17) is 0 Å². The molecule has 0 saturated heterocycles.